The molecule has 3 heteroatoms. The second-order valence-electron chi connectivity index (χ2n) is 4.24. The Morgan fingerprint density at radius 3 is 2.67 bits per heavy atom. The Hall–Kier alpha value is -2.16. The number of rotatable bonds is 4. The molecule has 0 unspecified atom stereocenters. The van der Waals surface area contributed by atoms with Crippen LogP contribution in [0.15, 0.2) is 42.5 Å². The Morgan fingerprint density at radius 2 is 1.94 bits per heavy atom. The van der Waals surface area contributed by atoms with E-state index in [4.69, 9.17) is 10.5 Å². The molecule has 2 aromatic carbocycles. The Balaban J connectivity index is 2.09. The third kappa shape index (κ3) is 2.74. The second kappa shape index (κ2) is 5.45. The number of benzene rings is 2. The van der Waals surface area contributed by atoms with Crippen LogP contribution in [0, 0.1) is 6.92 Å². The fourth-order valence-electron chi connectivity index (χ4n) is 1.83. The molecule has 18 heavy (non-hydrogen) atoms. The Morgan fingerprint density at radius 1 is 1.17 bits per heavy atom. The number of nitrogens with two attached hydrogens (primary N) is 1. The van der Waals surface area contributed by atoms with E-state index in [9.17, 15) is 0 Å². The van der Waals surface area contributed by atoms with Crippen molar-refractivity contribution in [3.8, 4) is 5.75 Å². The van der Waals surface area contributed by atoms with E-state index >= 15 is 0 Å². The molecule has 3 nitrogen and oxygen atoms in total. The van der Waals surface area contributed by atoms with Crippen LogP contribution >= 0.6 is 0 Å². The van der Waals surface area contributed by atoms with E-state index < -0.39 is 0 Å². The number of anilines is 2. The maximum Gasteiger partial charge on any atom is 0.123 e. The summed E-state index contributed by atoms with van der Waals surface area (Å²) in [5.74, 6) is 0.900. The number of methoxy groups -OCH3 is 1. The summed E-state index contributed by atoms with van der Waals surface area (Å²) < 4.78 is 5.32. The summed E-state index contributed by atoms with van der Waals surface area (Å²) in [6, 6.07) is 13.9. The normalized spacial score (nSPS) is 10.1. The Kier molecular flexibility index (Phi) is 3.72. The zero-order valence-corrected chi connectivity index (χ0v) is 10.7. The first kappa shape index (κ1) is 12.3. The van der Waals surface area contributed by atoms with Gasteiger partial charge in [0.15, 0.2) is 0 Å². The molecule has 0 aliphatic rings. The van der Waals surface area contributed by atoms with Crippen molar-refractivity contribution in [2.45, 2.75) is 13.5 Å². The van der Waals surface area contributed by atoms with Crippen molar-refractivity contribution in [1.29, 1.82) is 0 Å². The largest absolute Gasteiger partial charge is 0.496 e. The van der Waals surface area contributed by atoms with Gasteiger partial charge in [0.05, 0.1) is 7.11 Å². The Bertz CT molecular complexity index is 538. The minimum absolute atomic E-state index is 0.730. The highest BCUT2D eigenvalue weighted by Crippen LogP contribution is 2.21. The number of nitrogens with one attached hydrogen (secondary N) is 1. The molecule has 94 valence electrons. The fourth-order valence-corrected chi connectivity index (χ4v) is 1.83. The summed E-state index contributed by atoms with van der Waals surface area (Å²) >= 11 is 0. The highest BCUT2D eigenvalue weighted by molar-refractivity contribution is 5.57. The molecule has 0 aromatic heterocycles. The van der Waals surface area contributed by atoms with Crippen molar-refractivity contribution >= 4 is 11.4 Å². The molecule has 2 rings (SSSR count). The molecule has 0 saturated carbocycles. The van der Waals surface area contributed by atoms with Crippen molar-refractivity contribution in [2.24, 2.45) is 0 Å². The number of para-hydroxylation sites is 1. The Labute approximate surface area is 108 Å². The lowest BCUT2D eigenvalue weighted by Crippen LogP contribution is -2.02. The molecule has 0 spiro atoms. The van der Waals surface area contributed by atoms with Crippen LogP contribution in [0.4, 0.5) is 11.4 Å². The number of nitrogen functional groups attached to an aromatic ring is 1. The van der Waals surface area contributed by atoms with E-state index in [1.54, 1.807) is 7.11 Å². The van der Waals surface area contributed by atoms with E-state index in [0.717, 1.165) is 34.8 Å². The predicted molar refractivity (Wildman–Crippen MR) is 75.9 cm³/mol. The van der Waals surface area contributed by atoms with Gasteiger partial charge in [-0.05, 0) is 36.8 Å². The van der Waals surface area contributed by atoms with Gasteiger partial charge in [-0.15, -0.1) is 0 Å². The summed E-state index contributed by atoms with van der Waals surface area (Å²) in [5.41, 5.74) is 9.89. The summed E-state index contributed by atoms with van der Waals surface area (Å²) in [4.78, 5) is 0. The molecule has 3 N–H and O–H groups in total. The number of hydrogen-bond donors (Lipinski definition) is 2. The topological polar surface area (TPSA) is 47.3 Å². The minimum Gasteiger partial charge on any atom is -0.496 e. The van der Waals surface area contributed by atoms with Crippen molar-refractivity contribution in [3.05, 3.63) is 53.6 Å². The molecule has 0 atom stereocenters. The minimum atomic E-state index is 0.730. The van der Waals surface area contributed by atoms with Crippen LogP contribution in [0.25, 0.3) is 0 Å². The fraction of sp³-hybridized carbons (Fsp3) is 0.200. The zero-order chi connectivity index (χ0) is 13.0. The van der Waals surface area contributed by atoms with Crippen LogP contribution in [0.1, 0.15) is 11.1 Å². The monoisotopic (exact) mass is 242 g/mol. The van der Waals surface area contributed by atoms with Crippen LogP contribution in [-0.2, 0) is 6.54 Å². The molecular weight excluding hydrogens is 224 g/mol. The molecule has 0 aliphatic heterocycles. The summed E-state index contributed by atoms with van der Waals surface area (Å²) in [7, 11) is 1.69. The first-order valence-corrected chi connectivity index (χ1v) is 5.92. The van der Waals surface area contributed by atoms with E-state index in [1.165, 1.54) is 0 Å². The predicted octanol–water partition coefficient (Wildman–Crippen LogP) is 3.20. The number of hydrogen-bond acceptors (Lipinski definition) is 3. The van der Waals surface area contributed by atoms with Gasteiger partial charge in [0, 0.05) is 23.5 Å². The highest BCUT2D eigenvalue weighted by atomic mass is 16.5. The van der Waals surface area contributed by atoms with E-state index in [2.05, 4.69) is 11.4 Å². The molecule has 0 heterocycles. The quantitative estimate of drug-likeness (QED) is 0.809. The summed E-state index contributed by atoms with van der Waals surface area (Å²) in [5, 5.41) is 3.37. The SMILES string of the molecule is COc1ccccc1CNc1ccc(N)c(C)c1. The van der Waals surface area contributed by atoms with Crippen molar-refractivity contribution < 1.29 is 4.74 Å². The van der Waals surface area contributed by atoms with Crippen LogP contribution in [0.3, 0.4) is 0 Å². The smallest absolute Gasteiger partial charge is 0.123 e. The van der Waals surface area contributed by atoms with Gasteiger partial charge in [-0.2, -0.15) is 0 Å². The van der Waals surface area contributed by atoms with Crippen LogP contribution in [0.2, 0.25) is 0 Å². The average Bonchev–Trinajstić information content (AvgIpc) is 2.40. The van der Waals surface area contributed by atoms with Gasteiger partial charge >= 0.3 is 0 Å². The van der Waals surface area contributed by atoms with E-state index in [-0.39, 0.29) is 0 Å². The zero-order valence-electron chi connectivity index (χ0n) is 10.7. The molecule has 0 fully saturated rings. The van der Waals surface area contributed by atoms with Gasteiger partial charge in [0.25, 0.3) is 0 Å². The maximum absolute atomic E-state index is 5.79. The van der Waals surface area contributed by atoms with Gasteiger partial charge in [-0.3, -0.25) is 0 Å². The molecule has 0 bridgehead atoms. The summed E-state index contributed by atoms with van der Waals surface area (Å²) in [6.45, 7) is 2.73. The average molecular weight is 242 g/mol. The first-order chi connectivity index (χ1) is 8.70. The van der Waals surface area contributed by atoms with Crippen molar-refractivity contribution in [1.82, 2.24) is 0 Å². The van der Waals surface area contributed by atoms with Gasteiger partial charge in [0.2, 0.25) is 0 Å². The lowest BCUT2D eigenvalue weighted by molar-refractivity contribution is 0.410. The molecular formula is C15H18N2O. The van der Waals surface area contributed by atoms with Crippen LogP contribution in [0.5, 0.6) is 5.75 Å². The molecule has 2 aromatic rings. The lowest BCUT2D eigenvalue weighted by atomic mass is 10.1. The third-order valence-corrected chi connectivity index (χ3v) is 2.95. The standard InChI is InChI=1S/C15H18N2O/c1-11-9-13(7-8-14(11)16)17-10-12-5-3-4-6-15(12)18-2/h3-9,17H,10,16H2,1-2H3. The van der Waals surface area contributed by atoms with Gasteiger partial charge < -0.3 is 15.8 Å². The van der Waals surface area contributed by atoms with Crippen LogP contribution < -0.4 is 15.8 Å². The number of aryl methyl sites for hydroxylation is 1. The van der Waals surface area contributed by atoms with Gasteiger partial charge in [-0.1, -0.05) is 18.2 Å². The van der Waals surface area contributed by atoms with Crippen molar-refractivity contribution in [2.75, 3.05) is 18.2 Å². The molecule has 0 saturated heterocycles. The number of ether oxygens (including phenoxy) is 1. The lowest BCUT2D eigenvalue weighted by Gasteiger charge is -2.11. The second-order valence-corrected chi connectivity index (χ2v) is 4.24. The van der Waals surface area contributed by atoms with E-state index in [1.807, 2.05) is 43.3 Å². The molecule has 0 aliphatic carbocycles. The van der Waals surface area contributed by atoms with E-state index in [0.29, 0.717) is 0 Å². The third-order valence-electron chi connectivity index (χ3n) is 2.95. The maximum atomic E-state index is 5.79. The van der Waals surface area contributed by atoms with Gasteiger partial charge in [0.1, 0.15) is 5.75 Å². The molecule has 0 amide bonds. The summed E-state index contributed by atoms with van der Waals surface area (Å²) in [6.07, 6.45) is 0. The first-order valence-electron chi connectivity index (χ1n) is 5.92. The highest BCUT2D eigenvalue weighted by Gasteiger charge is 2.02. The van der Waals surface area contributed by atoms with Crippen LogP contribution in [-0.4, -0.2) is 7.11 Å². The molecule has 0 radical (unpaired) electrons. The van der Waals surface area contributed by atoms with Gasteiger partial charge in [-0.25, -0.2) is 0 Å². The van der Waals surface area contributed by atoms with Crippen molar-refractivity contribution in [3.63, 3.8) is 0 Å².